The molecule has 0 aliphatic heterocycles. The van der Waals surface area contributed by atoms with Crippen LogP contribution in [0.15, 0.2) is 69.2 Å². The van der Waals surface area contributed by atoms with Crippen molar-refractivity contribution in [3.8, 4) is 0 Å². The van der Waals surface area contributed by atoms with Crippen LogP contribution in [-0.4, -0.2) is 10.9 Å². The van der Waals surface area contributed by atoms with E-state index in [9.17, 15) is 9.59 Å². The van der Waals surface area contributed by atoms with Gasteiger partial charge in [-0.1, -0.05) is 30.3 Å². The first kappa shape index (κ1) is 18.1. The number of amides is 1. The monoisotopic (exact) mass is 390 g/mol. The molecule has 2 aromatic carbocycles. The van der Waals surface area contributed by atoms with Crippen LogP contribution in [0.2, 0.25) is 0 Å². The van der Waals surface area contributed by atoms with E-state index in [1.807, 2.05) is 54.8 Å². The fraction of sp³-hybridized carbons (Fsp3) is 0.136. The Balaban J connectivity index is 1.41. The lowest BCUT2D eigenvalue weighted by Gasteiger charge is -2.06. The first-order valence-corrected chi connectivity index (χ1v) is 9.81. The Bertz CT molecular complexity index is 1180. The molecule has 1 amide bonds. The zero-order valence-electron chi connectivity index (χ0n) is 15.3. The van der Waals surface area contributed by atoms with Gasteiger partial charge in [-0.2, -0.15) is 4.98 Å². The van der Waals surface area contributed by atoms with Crippen LogP contribution in [0.25, 0.3) is 10.3 Å². The molecule has 2 heterocycles. The number of fused-ring (bicyclic) bond motifs is 1. The lowest BCUT2D eigenvalue weighted by molar-refractivity contribution is 0.102. The number of hydrogen-bond donors (Lipinski definition) is 1. The van der Waals surface area contributed by atoms with Gasteiger partial charge in [0.1, 0.15) is 0 Å². The number of benzene rings is 2. The van der Waals surface area contributed by atoms with Crippen molar-refractivity contribution >= 4 is 33.2 Å². The van der Waals surface area contributed by atoms with E-state index in [0.29, 0.717) is 34.6 Å². The third kappa shape index (κ3) is 3.87. The molecule has 0 saturated heterocycles. The van der Waals surface area contributed by atoms with Crippen LogP contribution < -0.4 is 10.9 Å². The van der Waals surface area contributed by atoms with Gasteiger partial charge in [-0.25, -0.2) is 0 Å². The van der Waals surface area contributed by atoms with Gasteiger partial charge in [0.25, 0.3) is 11.5 Å². The highest BCUT2D eigenvalue weighted by molar-refractivity contribution is 7.16. The molecule has 0 saturated carbocycles. The van der Waals surface area contributed by atoms with E-state index in [1.54, 1.807) is 12.1 Å². The second-order valence-electron chi connectivity index (χ2n) is 6.51. The van der Waals surface area contributed by atoms with Gasteiger partial charge in [0.15, 0.2) is 10.8 Å². The maximum atomic E-state index is 12.2. The van der Waals surface area contributed by atoms with Crippen molar-refractivity contribution in [1.82, 2.24) is 4.98 Å². The average Bonchev–Trinajstić information content (AvgIpc) is 3.09. The van der Waals surface area contributed by atoms with E-state index >= 15 is 0 Å². The predicted molar refractivity (Wildman–Crippen MR) is 111 cm³/mol. The Morgan fingerprint density at radius 2 is 1.82 bits per heavy atom. The van der Waals surface area contributed by atoms with Crippen molar-refractivity contribution < 1.29 is 9.21 Å². The van der Waals surface area contributed by atoms with Gasteiger partial charge in [0.05, 0.1) is 5.39 Å². The molecule has 1 N–H and O–H groups in total. The smallest absolute Gasteiger partial charge is 0.284 e. The topological polar surface area (TPSA) is 72.2 Å². The molecule has 28 heavy (non-hydrogen) atoms. The molecule has 4 rings (SSSR count). The summed E-state index contributed by atoms with van der Waals surface area (Å²) in [6, 6.07) is 16.7. The largest absolute Gasteiger partial charge is 0.431 e. The van der Waals surface area contributed by atoms with Crippen molar-refractivity contribution in [3.63, 3.8) is 0 Å². The zero-order chi connectivity index (χ0) is 19.5. The first-order chi connectivity index (χ1) is 13.6. The van der Waals surface area contributed by atoms with Gasteiger partial charge < -0.3 is 9.73 Å². The third-order valence-corrected chi connectivity index (χ3v) is 5.44. The normalized spacial score (nSPS) is 10.9. The van der Waals surface area contributed by atoms with Crippen molar-refractivity contribution in [1.29, 1.82) is 0 Å². The van der Waals surface area contributed by atoms with Crippen LogP contribution >= 0.6 is 11.3 Å². The van der Waals surface area contributed by atoms with Crippen LogP contribution in [0, 0.1) is 6.92 Å². The molecule has 0 radical (unpaired) electrons. The Labute approximate surface area is 165 Å². The lowest BCUT2D eigenvalue weighted by atomic mass is 10.1. The lowest BCUT2D eigenvalue weighted by Crippen LogP contribution is -2.11. The standard InChI is InChI=1S/C22H18N2O3S/c1-14-13-28-22-19(14)21(26)24-18(27-22)12-9-15-7-10-17(11-8-15)23-20(25)16-5-3-2-4-6-16/h2-8,10-11,13H,9,12H2,1H3,(H,23,25). The van der Waals surface area contributed by atoms with Gasteiger partial charge in [-0.05, 0) is 54.1 Å². The number of aryl methyl sites for hydroxylation is 3. The Morgan fingerprint density at radius 3 is 2.57 bits per heavy atom. The first-order valence-electron chi connectivity index (χ1n) is 8.93. The summed E-state index contributed by atoms with van der Waals surface area (Å²) in [7, 11) is 0. The molecule has 0 fully saturated rings. The SMILES string of the molecule is Cc1csc2oc(CCc3ccc(NC(=O)c4ccccc4)cc3)nc(=O)c12. The average molecular weight is 390 g/mol. The Kier molecular flexibility index (Phi) is 5.04. The fourth-order valence-electron chi connectivity index (χ4n) is 2.96. The maximum Gasteiger partial charge on any atom is 0.284 e. The highest BCUT2D eigenvalue weighted by atomic mass is 32.1. The molecule has 0 unspecified atom stereocenters. The van der Waals surface area contributed by atoms with Crippen molar-refractivity contribution in [2.24, 2.45) is 0 Å². The molecule has 2 aromatic heterocycles. The summed E-state index contributed by atoms with van der Waals surface area (Å²) in [6.45, 7) is 1.88. The van der Waals surface area contributed by atoms with E-state index < -0.39 is 0 Å². The molecular formula is C22H18N2O3S. The predicted octanol–water partition coefficient (Wildman–Crippen LogP) is 4.60. The minimum absolute atomic E-state index is 0.140. The molecule has 0 bridgehead atoms. The summed E-state index contributed by atoms with van der Waals surface area (Å²) in [4.78, 5) is 29.0. The number of rotatable bonds is 5. The summed E-state index contributed by atoms with van der Waals surface area (Å²) in [5.74, 6) is 0.305. The highest BCUT2D eigenvalue weighted by Gasteiger charge is 2.11. The van der Waals surface area contributed by atoms with Crippen LogP contribution in [0.3, 0.4) is 0 Å². The number of anilines is 1. The van der Waals surface area contributed by atoms with Crippen molar-refractivity contribution in [2.45, 2.75) is 19.8 Å². The van der Waals surface area contributed by atoms with Gasteiger partial charge in [0, 0.05) is 17.7 Å². The number of hydrogen-bond acceptors (Lipinski definition) is 5. The number of thiophene rings is 1. The van der Waals surface area contributed by atoms with Gasteiger partial charge in [-0.15, -0.1) is 11.3 Å². The summed E-state index contributed by atoms with van der Waals surface area (Å²) in [6.07, 6.45) is 1.23. The van der Waals surface area contributed by atoms with E-state index in [1.165, 1.54) is 11.3 Å². The molecule has 4 aromatic rings. The van der Waals surface area contributed by atoms with E-state index in [4.69, 9.17) is 4.42 Å². The second-order valence-corrected chi connectivity index (χ2v) is 7.35. The number of nitrogens with zero attached hydrogens (tertiary/aromatic N) is 1. The minimum Gasteiger partial charge on any atom is -0.431 e. The molecule has 0 aliphatic rings. The number of aromatic nitrogens is 1. The molecule has 0 spiro atoms. The zero-order valence-corrected chi connectivity index (χ0v) is 16.1. The third-order valence-electron chi connectivity index (χ3n) is 4.47. The van der Waals surface area contributed by atoms with E-state index in [2.05, 4.69) is 10.3 Å². The number of carbonyl (C=O) groups excluding carboxylic acids is 1. The second kappa shape index (κ2) is 7.78. The minimum atomic E-state index is -0.228. The van der Waals surface area contributed by atoms with Crippen molar-refractivity contribution in [3.05, 3.63) is 92.9 Å². The van der Waals surface area contributed by atoms with Gasteiger partial charge >= 0.3 is 0 Å². The van der Waals surface area contributed by atoms with Gasteiger partial charge in [0.2, 0.25) is 0 Å². The summed E-state index contributed by atoms with van der Waals surface area (Å²) >= 11 is 1.42. The quantitative estimate of drug-likeness (QED) is 0.541. The summed E-state index contributed by atoms with van der Waals surface area (Å²) in [5.41, 5.74) is 3.10. The van der Waals surface area contributed by atoms with Crippen LogP contribution in [0.1, 0.15) is 27.4 Å². The molecular weight excluding hydrogens is 372 g/mol. The number of nitrogens with one attached hydrogen (secondary N) is 1. The Hall–Kier alpha value is -3.25. The molecule has 0 aliphatic carbocycles. The number of carbonyl (C=O) groups is 1. The molecule has 140 valence electrons. The van der Waals surface area contributed by atoms with Crippen LogP contribution in [0.5, 0.6) is 0 Å². The molecule has 0 atom stereocenters. The maximum absolute atomic E-state index is 12.2. The highest BCUT2D eigenvalue weighted by Crippen LogP contribution is 2.23. The van der Waals surface area contributed by atoms with E-state index in [0.717, 1.165) is 16.8 Å². The van der Waals surface area contributed by atoms with Crippen LogP contribution in [-0.2, 0) is 12.8 Å². The summed E-state index contributed by atoms with van der Waals surface area (Å²) in [5, 5.41) is 5.36. The van der Waals surface area contributed by atoms with Crippen molar-refractivity contribution in [2.75, 3.05) is 5.32 Å². The molecule has 6 heteroatoms. The molecule has 5 nitrogen and oxygen atoms in total. The Morgan fingerprint density at radius 1 is 1.07 bits per heavy atom. The van der Waals surface area contributed by atoms with Crippen LogP contribution in [0.4, 0.5) is 5.69 Å². The van der Waals surface area contributed by atoms with E-state index in [-0.39, 0.29) is 11.5 Å². The van der Waals surface area contributed by atoms with Gasteiger partial charge in [-0.3, -0.25) is 9.59 Å². The summed E-state index contributed by atoms with van der Waals surface area (Å²) < 4.78 is 5.76. The fourth-order valence-corrected chi connectivity index (χ4v) is 3.87.